The van der Waals surface area contributed by atoms with E-state index in [1.807, 2.05) is 0 Å². The lowest BCUT2D eigenvalue weighted by Gasteiger charge is -2.27. The Labute approximate surface area is 108 Å². The normalized spacial score (nSPS) is 24.3. The van der Waals surface area contributed by atoms with Gasteiger partial charge in [-0.05, 0) is 31.7 Å². The number of aromatic nitrogens is 2. The van der Waals surface area contributed by atoms with Gasteiger partial charge in [-0.3, -0.25) is 0 Å². The van der Waals surface area contributed by atoms with Gasteiger partial charge >= 0.3 is 0 Å². The third kappa shape index (κ3) is 3.29. The van der Waals surface area contributed by atoms with E-state index < -0.39 is 0 Å². The van der Waals surface area contributed by atoms with Gasteiger partial charge in [-0.1, -0.05) is 24.9 Å². The predicted octanol–water partition coefficient (Wildman–Crippen LogP) is 2.23. The topological polar surface area (TPSA) is 74.2 Å². The molecular formula is C13H23N3O2. The molecule has 5 nitrogen and oxygen atoms in total. The molecule has 0 amide bonds. The first kappa shape index (κ1) is 13.5. The second-order valence-corrected chi connectivity index (χ2v) is 4.99. The Morgan fingerprint density at radius 1 is 1.39 bits per heavy atom. The van der Waals surface area contributed by atoms with Gasteiger partial charge in [0.2, 0.25) is 5.89 Å². The summed E-state index contributed by atoms with van der Waals surface area (Å²) in [5.41, 5.74) is 5.82. The number of nitrogens with two attached hydrogens (primary N) is 1. The summed E-state index contributed by atoms with van der Waals surface area (Å²) < 4.78 is 10.8. The van der Waals surface area contributed by atoms with Crippen LogP contribution >= 0.6 is 0 Å². The van der Waals surface area contributed by atoms with Crippen molar-refractivity contribution in [3.8, 4) is 0 Å². The number of rotatable bonds is 6. The van der Waals surface area contributed by atoms with Crippen molar-refractivity contribution in [2.45, 2.75) is 51.6 Å². The minimum atomic E-state index is 0.344. The van der Waals surface area contributed by atoms with Crippen LogP contribution in [0.25, 0.3) is 0 Å². The van der Waals surface area contributed by atoms with Crippen LogP contribution in [0.1, 0.15) is 56.7 Å². The van der Waals surface area contributed by atoms with E-state index in [0.29, 0.717) is 30.8 Å². The molecule has 2 rings (SSSR count). The van der Waals surface area contributed by atoms with Gasteiger partial charge < -0.3 is 15.0 Å². The van der Waals surface area contributed by atoms with Gasteiger partial charge in [-0.25, -0.2) is 0 Å². The zero-order valence-corrected chi connectivity index (χ0v) is 11.1. The standard InChI is InChI=1S/C13H23N3O2/c1-2-7-17-9-12-15-13(18-16-12)11-6-4-3-5-10(11)8-14/h10-11H,2-9,14H2,1H3. The molecule has 2 unspecified atom stereocenters. The third-order valence-corrected chi connectivity index (χ3v) is 3.59. The van der Waals surface area contributed by atoms with Crippen LogP contribution in [-0.4, -0.2) is 23.3 Å². The molecule has 1 aromatic rings. The first-order valence-electron chi connectivity index (χ1n) is 6.95. The van der Waals surface area contributed by atoms with Gasteiger partial charge in [0, 0.05) is 12.5 Å². The Hall–Kier alpha value is -0.940. The van der Waals surface area contributed by atoms with E-state index in [2.05, 4.69) is 17.1 Å². The zero-order chi connectivity index (χ0) is 12.8. The molecule has 5 heteroatoms. The zero-order valence-electron chi connectivity index (χ0n) is 11.1. The highest BCUT2D eigenvalue weighted by Crippen LogP contribution is 2.36. The summed E-state index contributed by atoms with van der Waals surface area (Å²) in [4.78, 5) is 4.45. The summed E-state index contributed by atoms with van der Waals surface area (Å²) in [7, 11) is 0. The highest BCUT2D eigenvalue weighted by molar-refractivity contribution is 4.98. The first-order chi connectivity index (χ1) is 8.85. The molecule has 0 aliphatic heterocycles. The quantitative estimate of drug-likeness (QED) is 0.787. The van der Waals surface area contributed by atoms with Crippen LogP contribution in [0.4, 0.5) is 0 Å². The lowest BCUT2D eigenvalue weighted by atomic mass is 9.79. The molecule has 0 radical (unpaired) electrons. The van der Waals surface area contributed by atoms with Gasteiger partial charge in [-0.15, -0.1) is 0 Å². The largest absolute Gasteiger partial charge is 0.373 e. The van der Waals surface area contributed by atoms with Crippen LogP contribution in [0, 0.1) is 5.92 Å². The maximum atomic E-state index is 5.82. The molecule has 102 valence electrons. The Balaban J connectivity index is 1.95. The van der Waals surface area contributed by atoms with Crippen LogP contribution in [0.3, 0.4) is 0 Å². The first-order valence-corrected chi connectivity index (χ1v) is 6.95. The molecule has 1 fully saturated rings. The van der Waals surface area contributed by atoms with Crippen molar-refractivity contribution in [2.24, 2.45) is 11.7 Å². The molecule has 1 aromatic heterocycles. The smallest absolute Gasteiger partial charge is 0.230 e. The fraction of sp³-hybridized carbons (Fsp3) is 0.846. The number of nitrogens with zero attached hydrogens (tertiary/aromatic N) is 2. The Morgan fingerprint density at radius 2 is 2.22 bits per heavy atom. The highest BCUT2D eigenvalue weighted by atomic mass is 16.5. The van der Waals surface area contributed by atoms with Crippen LogP contribution in [0.15, 0.2) is 4.52 Å². The third-order valence-electron chi connectivity index (χ3n) is 3.59. The Morgan fingerprint density at radius 3 is 3.00 bits per heavy atom. The molecule has 0 spiro atoms. The molecule has 1 saturated carbocycles. The molecular weight excluding hydrogens is 230 g/mol. The van der Waals surface area contributed by atoms with Gasteiger partial charge in [-0.2, -0.15) is 4.98 Å². The highest BCUT2D eigenvalue weighted by Gasteiger charge is 2.29. The SMILES string of the molecule is CCCOCc1noc(C2CCCCC2CN)n1. The molecule has 2 N–H and O–H groups in total. The molecule has 1 aliphatic rings. The fourth-order valence-electron chi connectivity index (χ4n) is 2.60. The van der Waals surface area contributed by atoms with E-state index in [-0.39, 0.29) is 0 Å². The predicted molar refractivity (Wildman–Crippen MR) is 68.0 cm³/mol. The van der Waals surface area contributed by atoms with Gasteiger partial charge in [0.05, 0.1) is 0 Å². The van der Waals surface area contributed by atoms with Crippen molar-refractivity contribution in [1.82, 2.24) is 10.1 Å². The molecule has 2 atom stereocenters. The fourth-order valence-corrected chi connectivity index (χ4v) is 2.60. The maximum absolute atomic E-state index is 5.82. The van der Waals surface area contributed by atoms with Crippen LogP contribution < -0.4 is 5.73 Å². The van der Waals surface area contributed by atoms with Crippen LogP contribution in [-0.2, 0) is 11.3 Å². The van der Waals surface area contributed by atoms with E-state index in [0.717, 1.165) is 25.3 Å². The number of ether oxygens (including phenoxy) is 1. The number of hydrogen-bond acceptors (Lipinski definition) is 5. The van der Waals surface area contributed by atoms with E-state index in [9.17, 15) is 0 Å². The van der Waals surface area contributed by atoms with Crippen molar-refractivity contribution in [3.63, 3.8) is 0 Å². The van der Waals surface area contributed by atoms with Crippen molar-refractivity contribution < 1.29 is 9.26 Å². The van der Waals surface area contributed by atoms with E-state index in [1.54, 1.807) is 0 Å². The summed E-state index contributed by atoms with van der Waals surface area (Å²) in [5.74, 6) is 2.24. The van der Waals surface area contributed by atoms with E-state index in [4.69, 9.17) is 15.0 Å². The molecule has 0 saturated heterocycles. The summed E-state index contributed by atoms with van der Waals surface area (Å²) in [6.45, 7) is 3.96. The maximum Gasteiger partial charge on any atom is 0.230 e. The summed E-state index contributed by atoms with van der Waals surface area (Å²) >= 11 is 0. The van der Waals surface area contributed by atoms with Gasteiger partial charge in [0.25, 0.3) is 0 Å². The summed E-state index contributed by atoms with van der Waals surface area (Å²) in [5, 5.41) is 3.98. The van der Waals surface area contributed by atoms with Crippen molar-refractivity contribution in [2.75, 3.05) is 13.2 Å². The Bertz CT molecular complexity index is 354. The molecule has 0 aromatic carbocycles. The average molecular weight is 253 g/mol. The summed E-state index contributed by atoms with van der Waals surface area (Å²) in [6, 6.07) is 0. The molecule has 1 aliphatic carbocycles. The molecule has 18 heavy (non-hydrogen) atoms. The lowest BCUT2D eigenvalue weighted by Crippen LogP contribution is -2.25. The lowest BCUT2D eigenvalue weighted by molar-refractivity contribution is 0.114. The minimum absolute atomic E-state index is 0.344. The monoisotopic (exact) mass is 253 g/mol. The van der Waals surface area contributed by atoms with Crippen molar-refractivity contribution in [3.05, 3.63) is 11.7 Å². The van der Waals surface area contributed by atoms with Crippen LogP contribution in [0.2, 0.25) is 0 Å². The average Bonchev–Trinajstić information content (AvgIpc) is 2.88. The number of hydrogen-bond donors (Lipinski definition) is 1. The minimum Gasteiger partial charge on any atom is -0.373 e. The van der Waals surface area contributed by atoms with Gasteiger partial charge in [0.15, 0.2) is 5.82 Å². The van der Waals surface area contributed by atoms with Gasteiger partial charge in [0.1, 0.15) is 6.61 Å². The second-order valence-electron chi connectivity index (χ2n) is 4.99. The van der Waals surface area contributed by atoms with Crippen LogP contribution in [0.5, 0.6) is 0 Å². The molecule has 0 bridgehead atoms. The molecule has 1 heterocycles. The Kier molecular flexibility index (Phi) is 5.13. The van der Waals surface area contributed by atoms with E-state index in [1.165, 1.54) is 19.3 Å². The van der Waals surface area contributed by atoms with E-state index >= 15 is 0 Å². The van der Waals surface area contributed by atoms with Crippen molar-refractivity contribution >= 4 is 0 Å². The van der Waals surface area contributed by atoms with Crippen molar-refractivity contribution in [1.29, 1.82) is 0 Å². The second kappa shape index (κ2) is 6.85. The summed E-state index contributed by atoms with van der Waals surface area (Å²) in [6.07, 6.45) is 5.78.